The second kappa shape index (κ2) is 7.49. The van der Waals surface area contributed by atoms with Crippen LogP contribution in [0.1, 0.15) is 18.1 Å². The highest BCUT2D eigenvalue weighted by molar-refractivity contribution is 6.31. The van der Waals surface area contributed by atoms with Gasteiger partial charge < -0.3 is 10.1 Å². The molecule has 0 atom stereocenters. The fourth-order valence-corrected chi connectivity index (χ4v) is 2.84. The lowest BCUT2D eigenvalue weighted by Crippen LogP contribution is -2.13. The third-order valence-electron chi connectivity index (χ3n) is 3.89. The average molecular weight is 326 g/mol. The maximum atomic E-state index is 6.22. The topological polar surface area (TPSA) is 21.3 Å². The molecule has 0 radical (unpaired) electrons. The van der Waals surface area contributed by atoms with Gasteiger partial charge in [0.2, 0.25) is 0 Å². The predicted octanol–water partition coefficient (Wildman–Crippen LogP) is 5.18. The van der Waals surface area contributed by atoms with Crippen molar-refractivity contribution in [2.24, 2.45) is 0 Å². The number of benzene rings is 3. The second-order valence-corrected chi connectivity index (χ2v) is 5.83. The molecule has 0 heterocycles. The molecule has 0 amide bonds. The van der Waals surface area contributed by atoms with Gasteiger partial charge in [0.05, 0.1) is 0 Å². The molecule has 0 aliphatic heterocycles. The van der Waals surface area contributed by atoms with E-state index in [4.69, 9.17) is 16.3 Å². The van der Waals surface area contributed by atoms with Crippen molar-refractivity contribution < 1.29 is 4.74 Å². The van der Waals surface area contributed by atoms with Gasteiger partial charge in [0.1, 0.15) is 12.4 Å². The molecule has 118 valence electrons. The monoisotopic (exact) mass is 325 g/mol. The number of fused-ring (bicyclic) bond motifs is 1. The van der Waals surface area contributed by atoms with Crippen LogP contribution in [0.3, 0.4) is 0 Å². The van der Waals surface area contributed by atoms with Crippen LogP contribution in [0.2, 0.25) is 5.02 Å². The maximum absolute atomic E-state index is 6.22. The summed E-state index contributed by atoms with van der Waals surface area (Å²) >= 11 is 6.22. The van der Waals surface area contributed by atoms with E-state index in [0.717, 1.165) is 29.4 Å². The van der Waals surface area contributed by atoms with Crippen LogP contribution in [0.25, 0.3) is 10.8 Å². The fourth-order valence-electron chi connectivity index (χ4n) is 2.65. The summed E-state index contributed by atoms with van der Waals surface area (Å²) < 4.78 is 6.08. The first-order valence-electron chi connectivity index (χ1n) is 7.87. The van der Waals surface area contributed by atoms with E-state index in [9.17, 15) is 0 Å². The van der Waals surface area contributed by atoms with E-state index in [-0.39, 0.29) is 0 Å². The van der Waals surface area contributed by atoms with E-state index in [2.05, 4.69) is 42.6 Å². The van der Waals surface area contributed by atoms with Gasteiger partial charge in [-0.2, -0.15) is 0 Å². The molecule has 0 saturated heterocycles. The highest BCUT2D eigenvalue weighted by Gasteiger charge is 2.09. The Morgan fingerprint density at radius 2 is 1.74 bits per heavy atom. The van der Waals surface area contributed by atoms with Crippen molar-refractivity contribution in [1.82, 2.24) is 5.32 Å². The molecule has 0 aliphatic carbocycles. The molecule has 2 nitrogen and oxygen atoms in total. The van der Waals surface area contributed by atoms with Crippen molar-refractivity contribution >= 4 is 22.4 Å². The van der Waals surface area contributed by atoms with Crippen molar-refractivity contribution in [2.45, 2.75) is 20.1 Å². The second-order valence-electron chi connectivity index (χ2n) is 5.42. The molecule has 3 aromatic rings. The van der Waals surface area contributed by atoms with Crippen LogP contribution in [0, 0.1) is 0 Å². The molecular formula is C20H20ClNO. The SMILES string of the molecule is CCNCc1c(OCc2ccccc2Cl)ccc2ccccc12. The van der Waals surface area contributed by atoms with Crippen LogP contribution in [0.15, 0.2) is 60.7 Å². The van der Waals surface area contributed by atoms with Crippen LogP contribution in [-0.4, -0.2) is 6.54 Å². The van der Waals surface area contributed by atoms with Gasteiger partial charge in [-0.3, -0.25) is 0 Å². The summed E-state index contributed by atoms with van der Waals surface area (Å²) in [7, 11) is 0. The zero-order chi connectivity index (χ0) is 16.1. The molecular weight excluding hydrogens is 306 g/mol. The minimum atomic E-state index is 0.469. The summed E-state index contributed by atoms with van der Waals surface area (Å²) in [5.74, 6) is 0.907. The third kappa shape index (κ3) is 3.66. The fraction of sp³-hybridized carbons (Fsp3) is 0.200. The Labute approximate surface area is 142 Å². The summed E-state index contributed by atoms with van der Waals surface area (Å²) in [5.41, 5.74) is 2.19. The minimum absolute atomic E-state index is 0.469. The first kappa shape index (κ1) is 15.9. The van der Waals surface area contributed by atoms with Crippen molar-refractivity contribution in [1.29, 1.82) is 0 Å². The molecule has 0 saturated carbocycles. The maximum Gasteiger partial charge on any atom is 0.124 e. The summed E-state index contributed by atoms with van der Waals surface area (Å²) in [6.45, 7) is 4.29. The normalized spacial score (nSPS) is 10.9. The molecule has 23 heavy (non-hydrogen) atoms. The summed E-state index contributed by atoms with van der Waals surface area (Å²) in [6.07, 6.45) is 0. The Morgan fingerprint density at radius 1 is 0.957 bits per heavy atom. The highest BCUT2D eigenvalue weighted by atomic mass is 35.5. The van der Waals surface area contributed by atoms with Gasteiger partial charge >= 0.3 is 0 Å². The largest absolute Gasteiger partial charge is 0.488 e. The molecule has 0 unspecified atom stereocenters. The predicted molar refractivity (Wildman–Crippen MR) is 97.1 cm³/mol. The van der Waals surface area contributed by atoms with Crippen LogP contribution < -0.4 is 10.1 Å². The number of nitrogens with one attached hydrogen (secondary N) is 1. The van der Waals surface area contributed by atoms with Gasteiger partial charge in [0.15, 0.2) is 0 Å². The quantitative estimate of drug-likeness (QED) is 0.674. The molecule has 3 rings (SSSR count). The van der Waals surface area contributed by atoms with E-state index in [0.29, 0.717) is 6.61 Å². The van der Waals surface area contributed by atoms with E-state index in [1.54, 1.807) is 0 Å². The zero-order valence-corrected chi connectivity index (χ0v) is 13.9. The Hall–Kier alpha value is -2.03. The summed E-state index contributed by atoms with van der Waals surface area (Å²) in [4.78, 5) is 0. The van der Waals surface area contributed by atoms with E-state index in [1.807, 2.05) is 30.3 Å². The standard InChI is InChI=1S/C20H20ClNO/c1-2-22-13-18-17-9-5-3-7-15(17)11-12-20(18)23-14-16-8-4-6-10-19(16)21/h3-12,22H,2,13-14H2,1H3. The van der Waals surface area contributed by atoms with Gasteiger partial charge in [-0.25, -0.2) is 0 Å². The molecule has 0 aromatic heterocycles. The van der Waals surface area contributed by atoms with Crippen molar-refractivity contribution in [3.8, 4) is 5.75 Å². The Balaban J connectivity index is 1.91. The van der Waals surface area contributed by atoms with Crippen LogP contribution >= 0.6 is 11.6 Å². The summed E-state index contributed by atoms with van der Waals surface area (Å²) in [5, 5.41) is 6.59. The molecule has 0 bridgehead atoms. The summed E-state index contributed by atoms with van der Waals surface area (Å²) in [6, 6.07) is 20.3. The minimum Gasteiger partial charge on any atom is -0.488 e. The average Bonchev–Trinajstić information content (AvgIpc) is 2.59. The van der Waals surface area contributed by atoms with Gasteiger partial charge in [0.25, 0.3) is 0 Å². The smallest absolute Gasteiger partial charge is 0.124 e. The molecule has 3 aromatic carbocycles. The molecule has 0 fully saturated rings. The molecule has 0 aliphatic rings. The van der Waals surface area contributed by atoms with Crippen LogP contribution in [0.4, 0.5) is 0 Å². The lowest BCUT2D eigenvalue weighted by Gasteiger charge is -2.15. The first-order chi connectivity index (χ1) is 11.3. The van der Waals surface area contributed by atoms with Crippen molar-refractivity contribution in [3.05, 3.63) is 76.8 Å². The van der Waals surface area contributed by atoms with Crippen molar-refractivity contribution in [3.63, 3.8) is 0 Å². The van der Waals surface area contributed by atoms with Gasteiger partial charge in [-0.05, 0) is 29.4 Å². The lowest BCUT2D eigenvalue weighted by atomic mass is 10.0. The van der Waals surface area contributed by atoms with Gasteiger partial charge in [-0.15, -0.1) is 0 Å². The Bertz CT molecular complexity index is 801. The molecule has 1 N–H and O–H groups in total. The van der Waals surface area contributed by atoms with E-state index in [1.165, 1.54) is 16.3 Å². The third-order valence-corrected chi connectivity index (χ3v) is 4.26. The number of halogens is 1. The Morgan fingerprint density at radius 3 is 2.57 bits per heavy atom. The van der Waals surface area contributed by atoms with Crippen molar-refractivity contribution in [2.75, 3.05) is 6.54 Å². The number of hydrogen-bond donors (Lipinski definition) is 1. The van der Waals surface area contributed by atoms with Crippen LogP contribution in [-0.2, 0) is 13.2 Å². The lowest BCUT2D eigenvalue weighted by molar-refractivity contribution is 0.303. The van der Waals surface area contributed by atoms with E-state index < -0.39 is 0 Å². The first-order valence-corrected chi connectivity index (χ1v) is 8.25. The molecule has 3 heteroatoms. The highest BCUT2D eigenvalue weighted by Crippen LogP contribution is 2.29. The number of ether oxygens (including phenoxy) is 1. The van der Waals surface area contributed by atoms with Gasteiger partial charge in [-0.1, -0.05) is 67.1 Å². The zero-order valence-electron chi connectivity index (χ0n) is 13.2. The number of hydrogen-bond acceptors (Lipinski definition) is 2. The number of rotatable bonds is 6. The van der Waals surface area contributed by atoms with Gasteiger partial charge in [0, 0.05) is 22.7 Å². The van der Waals surface area contributed by atoms with E-state index >= 15 is 0 Å². The molecule has 0 spiro atoms. The Kier molecular flexibility index (Phi) is 5.16. The van der Waals surface area contributed by atoms with Crippen LogP contribution in [0.5, 0.6) is 5.75 Å².